The van der Waals surface area contributed by atoms with Crippen molar-refractivity contribution >= 4 is 45.5 Å². The summed E-state index contributed by atoms with van der Waals surface area (Å²) in [6.45, 7) is 0.222. The zero-order chi connectivity index (χ0) is 19.9. The van der Waals surface area contributed by atoms with Gasteiger partial charge in [0.2, 0.25) is 0 Å². The van der Waals surface area contributed by atoms with Gasteiger partial charge in [-0.25, -0.2) is 13.6 Å². The highest BCUT2D eigenvalue weighted by molar-refractivity contribution is 8.38. The fraction of sp³-hybridized carbons (Fsp3) is 0.211. The highest BCUT2D eigenvalue weighted by Crippen LogP contribution is 2.26. The number of rotatable bonds is 6. The lowest BCUT2D eigenvalue weighted by Crippen LogP contribution is -2.22. The molecule has 1 amide bonds. The lowest BCUT2D eigenvalue weighted by atomic mass is 10.1. The van der Waals surface area contributed by atoms with Crippen LogP contribution in [0, 0.1) is 11.6 Å². The maximum atomic E-state index is 13.6. The van der Waals surface area contributed by atoms with E-state index in [0.717, 1.165) is 34.4 Å². The van der Waals surface area contributed by atoms with Gasteiger partial charge in [0, 0.05) is 17.6 Å². The van der Waals surface area contributed by atoms with Crippen LogP contribution in [0.2, 0.25) is 0 Å². The first-order valence-electron chi connectivity index (χ1n) is 8.33. The first kappa shape index (κ1) is 20.3. The van der Waals surface area contributed by atoms with Crippen molar-refractivity contribution in [2.75, 3.05) is 24.2 Å². The molecule has 2 aromatic rings. The molecular formula is C19H16F2N2O3S2. The number of esters is 1. The predicted octanol–water partition coefficient (Wildman–Crippen LogP) is 4.10. The van der Waals surface area contributed by atoms with Crippen LogP contribution in [0.4, 0.5) is 14.5 Å². The van der Waals surface area contributed by atoms with Gasteiger partial charge in [-0.2, -0.15) is 0 Å². The van der Waals surface area contributed by atoms with E-state index in [4.69, 9.17) is 4.74 Å². The van der Waals surface area contributed by atoms with E-state index in [1.54, 1.807) is 35.7 Å². The highest BCUT2D eigenvalue weighted by atomic mass is 32.2. The van der Waals surface area contributed by atoms with E-state index in [2.05, 4.69) is 10.3 Å². The number of hydrogen-bond acceptors (Lipinski definition) is 6. The number of carbonyl (C=O) groups is 2. The molecule has 0 spiro atoms. The second-order valence-electron chi connectivity index (χ2n) is 5.69. The molecule has 9 heteroatoms. The highest BCUT2D eigenvalue weighted by Gasteiger charge is 2.16. The topological polar surface area (TPSA) is 67.8 Å². The van der Waals surface area contributed by atoms with Crippen molar-refractivity contribution in [3.05, 3.63) is 65.2 Å². The minimum atomic E-state index is -0.908. The Morgan fingerprint density at radius 3 is 2.79 bits per heavy atom. The molecule has 2 aromatic carbocycles. The molecule has 0 bridgehead atoms. The molecule has 1 heterocycles. The molecule has 0 aromatic heterocycles. The molecule has 0 unspecified atom stereocenters. The van der Waals surface area contributed by atoms with Crippen molar-refractivity contribution in [2.24, 2.45) is 4.99 Å². The SMILES string of the molecule is O=C(COC(=O)c1ccccc1CSC1=NCCS1)Nc1ccc(F)cc1F. The summed E-state index contributed by atoms with van der Waals surface area (Å²) in [4.78, 5) is 28.6. The van der Waals surface area contributed by atoms with Crippen LogP contribution in [-0.2, 0) is 15.3 Å². The van der Waals surface area contributed by atoms with Gasteiger partial charge in [0.1, 0.15) is 16.0 Å². The molecular weight excluding hydrogens is 406 g/mol. The molecule has 0 aliphatic carbocycles. The van der Waals surface area contributed by atoms with Crippen molar-refractivity contribution in [2.45, 2.75) is 5.75 Å². The number of benzene rings is 2. The van der Waals surface area contributed by atoms with Crippen molar-refractivity contribution in [1.29, 1.82) is 0 Å². The number of anilines is 1. The van der Waals surface area contributed by atoms with Gasteiger partial charge in [-0.1, -0.05) is 41.7 Å². The monoisotopic (exact) mass is 422 g/mol. The summed E-state index contributed by atoms with van der Waals surface area (Å²) < 4.78 is 32.5. The van der Waals surface area contributed by atoms with Crippen LogP contribution in [0.25, 0.3) is 0 Å². The summed E-state index contributed by atoms with van der Waals surface area (Å²) in [6, 6.07) is 9.74. The van der Waals surface area contributed by atoms with Gasteiger partial charge in [-0.3, -0.25) is 9.79 Å². The Morgan fingerprint density at radius 2 is 2.04 bits per heavy atom. The first-order valence-corrected chi connectivity index (χ1v) is 10.3. The number of ether oxygens (including phenoxy) is 1. The second kappa shape index (κ2) is 9.70. The third-order valence-electron chi connectivity index (χ3n) is 3.69. The van der Waals surface area contributed by atoms with Crippen LogP contribution in [-0.4, -0.2) is 35.2 Å². The molecule has 0 saturated carbocycles. The molecule has 3 rings (SSSR count). The zero-order valence-electron chi connectivity index (χ0n) is 14.6. The Balaban J connectivity index is 1.56. The summed E-state index contributed by atoms with van der Waals surface area (Å²) >= 11 is 3.23. The lowest BCUT2D eigenvalue weighted by Gasteiger charge is -2.10. The molecule has 5 nitrogen and oxygen atoms in total. The van der Waals surface area contributed by atoms with E-state index in [1.165, 1.54) is 0 Å². The minimum absolute atomic E-state index is 0.186. The normalized spacial score (nSPS) is 13.1. The number of halogens is 2. The standard InChI is InChI=1S/C19H16F2N2O3S2/c20-13-5-6-16(15(21)9-13)23-17(24)10-26-18(25)14-4-2-1-3-12(14)11-28-19-22-7-8-27-19/h1-6,9H,7-8,10-11H2,(H,23,24). The van der Waals surface area contributed by atoms with E-state index in [1.807, 2.05) is 12.1 Å². The van der Waals surface area contributed by atoms with Gasteiger partial charge in [0.15, 0.2) is 6.61 Å². The summed E-state index contributed by atoms with van der Waals surface area (Å²) in [6.07, 6.45) is 0. The molecule has 1 aliphatic rings. The molecule has 1 aliphatic heterocycles. The Kier molecular flexibility index (Phi) is 7.05. The van der Waals surface area contributed by atoms with Crippen LogP contribution < -0.4 is 5.32 Å². The van der Waals surface area contributed by atoms with Crippen molar-refractivity contribution in [3.63, 3.8) is 0 Å². The lowest BCUT2D eigenvalue weighted by molar-refractivity contribution is -0.119. The van der Waals surface area contributed by atoms with Crippen molar-refractivity contribution in [1.82, 2.24) is 0 Å². The fourth-order valence-electron chi connectivity index (χ4n) is 2.37. The Hall–Kier alpha value is -2.39. The third kappa shape index (κ3) is 5.56. The average molecular weight is 422 g/mol. The molecule has 0 fully saturated rings. The van der Waals surface area contributed by atoms with E-state index in [9.17, 15) is 18.4 Å². The van der Waals surface area contributed by atoms with Gasteiger partial charge in [-0.05, 0) is 23.8 Å². The van der Waals surface area contributed by atoms with Gasteiger partial charge in [0.25, 0.3) is 5.91 Å². The van der Waals surface area contributed by atoms with Crippen LogP contribution in [0.15, 0.2) is 47.5 Å². The molecule has 0 radical (unpaired) electrons. The van der Waals surface area contributed by atoms with Crippen LogP contribution in [0.5, 0.6) is 0 Å². The number of thioether (sulfide) groups is 2. The Bertz CT molecular complexity index is 922. The number of carbonyl (C=O) groups excluding carboxylic acids is 2. The molecule has 146 valence electrons. The van der Waals surface area contributed by atoms with Gasteiger partial charge >= 0.3 is 5.97 Å². The summed E-state index contributed by atoms with van der Waals surface area (Å²) in [5.41, 5.74) is 0.950. The Labute approximate surface area is 168 Å². The minimum Gasteiger partial charge on any atom is -0.452 e. The third-order valence-corrected chi connectivity index (χ3v) is 5.99. The molecule has 0 atom stereocenters. The smallest absolute Gasteiger partial charge is 0.338 e. The predicted molar refractivity (Wildman–Crippen MR) is 108 cm³/mol. The van der Waals surface area contributed by atoms with Gasteiger partial charge < -0.3 is 10.1 Å². The average Bonchev–Trinajstić information content (AvgIpc) is 3.20. The van der Waals surface area contributed by atoms with Crippen LogP contribution >= 0.6 is 23.5 Å². The first-order chi connectivity index (χ1) is 13.5. The van der Waals surface area contributed by atoms with E-state index in [0.29, 0.717) is 17.4 Å². The number of hydrogen-bond donors (Lipinski definition) is 1. The molecule has 0 saturated heterocycles. The molecule has 1 N–H and O–H groups in total. The van der Waals surface area contributed by atoms with Gasteiger partial charge in [-0.15, -0.1) is 0 Å². The number of amides is 1. The quantitative estimate of drug-likeness (QED) is 0.710. The summed E-state index contributed by atoms with van der Waals surface area (Å²) in [7, 11) is 0. The maximum Gasteiger partial charge on any atom is 0.338 e. The summed E-state index contributed by atoms with van der Waals surface area (Å²) in [5, 5.41) is 2.24. The number of nitrogens with one attached hydrogen (secondary N) is 1. The second-order valence-corrected chi connectivity index (χ2v) is 8.00. The van der Waals surface area contributed by atoms with Crippen LogP contribution in [0.3, 0.4) is 0 Å². The van der Waals surface area contributed by atoms with Gasteiger partial charge in [0.05, 0.1) is 17.8 Å². The van der Waals surface area contributed by atoms with E-state index in [-0.39, 0.29) is 5.69 Å². The summed E-state index contributed by atoms with van der Waals surface area (Å²) in [5.74, 6) is -1.50. The zero-order valence-corrected chi connectivity index (χ0v) is 16.2. The van der Waals surface area contributed by atoms with Crippen LogP contribution in [0.1, 0.15) is 15.9 Å². The fourth-order valence-corrected chi connectivity index (χ4v) is 4.39. The van der Waals surface area contributed by atoms with Crippen molar-refractivity contribution in [3.8, 4) is 0 Å². The Morgan fingerprint density at radius 1 is 1.21 bits per heavy atom. The van der Waals surface area contributed by atoms with E-state index < -0.39 is 30.1 Å². The number of nitrogens with zero attached hydrogens (tertiary/aromatic N) is 1. The number of aliphatic imine (C=N–C) groups is 1. The van der Waals surface area contributed by atoms with E-state index >= 15 is 0 Å². The molecule has 28 heavy (non-hydrogen) atoms. The van der Waals surface area contributed by atoms with Crippen molar-refractivity contribution < 1.29 is 23.1 Å². The maximum absolute atomic E-state index is 13.6. The largest absolute Gasteiger partial charge is 0.452 e.